The number of anilines is 1. The molecule has 1 aromatic rings. The minimum absolute atomic E-state index is 0.00167. The molecule has 1 amide bonds. The summed E-state index contributed by atoms with van der Waals surface area (Å²) >= 11 is 5.94. The van der Waals surface area contributed by atoms with Crippen molar-refractivity contribution >= 4 is 33.2 Å². The Morgan fingerprint density at radius 2 is 2.10 bits per heavy atom. The van der Waals surface area contributed by atoms with E-state index in [1.165, 1.54) is 12.1 Å². The number of hydrogen-bond donors (Lipinski definition) is 3. The number of rotatable bonds is 6. The molecule has 6 nitrogen and oxygen atoms in total. The maximum absolute atomic E-state index is 12.1. The lowest BCUT2D eigenvalue weighted by Gasteiger charge is -2.10. The number of hydrogen-bond acceptors (Lipinski definition) is 4. The van der Waals surface area contributed by atoms with Gasteiger partial charge in [-0.1, -0.05) is 11.6 Å². The molecule has 1 aromatic carbocycles. The normalized spacial score (nSPS) is 15.0. The minimum atomic E-state index is -3.72. The third kappa shape index (κ3) is 4.33. The average molecular weight is 332 g/mol. The van der Waals surface area contributed by atoms with Crippen LogP contribution in [0, 0.1) is 6.92 Å². The minimum Gasteiger partial charge on any atom is -0.398 e. The van der Waals surface area contributed by atoms with Gasteiger partial charge in [0.2, 0.25) is 15.9 Å². The summed E-state index contributed by atoms with van der Waals surface area (Å²) in [4.78, 5) is 11.5. The van der Waals surface area contributed by atoms with Crippen LogP contribution >= 0.6 is 11.6 Å². The van der Waals surface area contributed by atoms with Crippen molar-refractivity contribution in [3.8, 4) is 0 Å². The summed E-state index contributed by atoms with van der Waals surface area (Å²) in [5.41, 5.74) is 6.67. The fourth-order valence-electron chi connectivity index (χ4n) is 1.74. The predicted molar refractivity (Wildman–Crippen MR) is 81.6 cm³/mol. The first-order valence-corrected chi connectivity index (χ1v) is 8.50. The molecule has 116 valence electrons. The van der Waals surface area contributed by atoms with Gasteiger partial charge >= 0.3 is 0 Å². The van der Waals surface area contributed by atoms with Gasteiger partial charge in [-0.15, -0.1) is 0 Å². The molecule has 0 saturated heterocycles. The second kappa shape index (κ2) is 6.21. The summed E-state index contributed by atoms with van der Waals surface area (Å²) in [5, 5.41) is 3.08. The number of carbonyl (C=O) groups excluding carboxylic acids is 1. The maximum Gasteiger partial charge on any atom is 0.240 e. The third-order valence-corrected chi connectivity index (χ3v) is 5.09. The van der Waals surface area contributed by atoms with Gasteiger partial charge in [-0.25, -0.2) is 13.1 Å². The van der Waals surface area contributed by atoms with Gasteiger partial charge in [0.15, 0.2) is 0 Å². The molecule has 0 radical (unpaired) electrons. The first-order chi connectivity index (χ1) is 9.79. The SMILES string of the molecule is Cc1c(N)cc(S(=O)(=O)NCCC(=O)NC2CC2)cc1Cl. The van der Waals surface area contributed by atoms with E-state index in [4.69, 9.17) is 17.3 Å². The van der Waals surface area contributed by atoms with Gasteiger partial charge in [0.05, 0.1) is 4.90 Å². The summed E-state index contributed by atoms with van der Waals surface area (Å²) in [6.45, 7) is 1.75. The molecule has 0 aliphatic heterocycles. The lowest BCUT2D eigenvalue weighted by molar-refractivity contribution is -0.121. The van der Waals surface area contributed by atoms with Crippen molar-refractivity contribution in [2.24, 2.45) is 0 Å². The number of amides is 1. The number of sulfonamides is 1. The van der Waals surface area contributed by atoms with E-state index < -0.39 is 10.0 Å². The highest BCUT2D eigenvalue weighted by molar-refractivity contribution is 7.89. The molecule has 8 heteroatoms. The molecule has 0 spiro atoms. The molecule has 1 aliphatic rings. The zero-order chi connectivity index (χ0) is 15.6. The molecular weight excluding hydrogens is 314 g/mol. The van der Waals surface area contributed by atoms with Crippen LogP contribution in [0.4, 0.5) is 5.69 Å². The molecule has 21 heavy (non-hydrogen) atoms. The van der Waals surface area contributed by atoms with Crippen molar-refractivity contribution in [2.45, 2.75) is 37.1 Å². The van der Waals surface area contributed by atoms with E-state index in [1.54, 1.807) is 6.92 Å². The van der Waals surface area contributed by atoms with Crippen molar-refractivity contribution in [2.75, 3.05) is 12.3 Å². The number of nitrogen functional groups attached to an aromatic ring is 1. The van der Waals surface area contributed by atoms with E-state index >= 15 is 0 Å². The fourth-order valence-corrected chi connectivity index (χ4v) is 3.12. The standard InChI is InChI=1S/C13H18ClN3O3S/c1-8-11(14)6-10(7-12(8)15)21(19,20)16-5-4-13(18)17-9-2-3-9/h6-7,9,16H,2-5,15H2,1H3,(H,17,18). The molecule has 0 bridgehead atoms. The fraction of sp³-hybridized carbons (Fsp3) is 0.462. The second-order valence-corrected chi connectivity index (χ2v) is 7.28. The van der Waals surface area contributed by atoms with E-state index in [9.17, 15) is 13.2 Å². The summed E-state index contributed by atoms with van der Waals surface area (Å²) in [5.74, 6) is -0.151. The number of benzene rings is 1. The molecule has 0 atom stereocenters. The molecular formula is C13H18ClN3O3S. The molecule has 1 aliphatic carbocycles. The Bertz CT molecular complexity index is 634. The summed E-state index contributed by atoms with van der Waals surface area (Å²) < 4.78 is 26.6. The number of nitrogens with one attached hydrogen (secondary N) is 2. The van der Waals surface area contributed by atoms with E-state index in [-0.39, 0.29) is 29.8 Å². The van der Waals surface area contributed by atoms with Crippen LogP contribution in [0.25, 0.3) is 0 Å². The van der Waals surface area contributed by atoms with E-state index in [0.717, 1.165) is 12.8 Å². The van der Waals surface area contributed by atoms with Crippen LogP contribution in [0.15, 0.2) is 17.0 Å². The molecule has 0 aromatic heterocycles. The maximum atomic E-state index is 12.1. The highest BCUT2D eigenvalue weighted by atomic mass is 35.5. The number of halogens is 1. The molecule has 2 rings (SSSR count). The molecule has 1 saturated carbocycles. The monoisotopic (exact) mass is 331 g/mol. The first-order valence-electron chi connectivity index (χ1n) is 6.64. The van der Waals surface area contributed by atoms with Crippen LogP contribution < -0.4 is 15.8 Å². The zero-order valence-corrected chi connectivity index (χ0v) is 13.2. The van der Waals surface area contributed by atoms with Gasteiger partial charge in [0, 0.05) is 29.7 Å². The lowest BCUT2D eigenvalue weighted by Crippen LogP contribution is -2.31. The summed E-state index contributed by atoms with van der Waals surface area (Å²) in [6, 6.07) is 2.97. The molecule has 0 unspecified atom stereocenters. The van der Waals surface area contributed by atoms with Crippen LogP contribution in [0.1, 0.15) is 24.8 Å². The largest absolute Gasteiger partial charge is 0.398 e. The first kappa shape index (κ1) is 16.1. The van der Waals surface area contributed by atoms with Gasteiger partial charge in [-0.3, -0.25) is 4.79 Å². The van der Waals surface area contributed by atoms with Gasteiger partial charge < -0.3 is 11.1 Å². The topological polar surface area (TPSA) is 101 Å². The van der Waals surface area contributed by atoms with Gasteiger partial charge in [-0.2, -0.15) is 0 Å². The Hall–Kier alpha value is -1.31. The summed E-state index contributed by atoms with van der Waals surface area (Å²) in [6.07, 6.45) is 2.10. The molecule has 0 heterocycles. The predicted octanol–water partition coefficient (Wildman–Crippen LogP) is 1.18. The Balaban J connectivity index is 1.96. The van der Waals surface area contributed by atoms with Crippen molar-refractivity contribution in [3.63, 3.8) is 0 Å². The highest BCUT2D eigenvalue weighted by Gasteiger charge is 2.23. The zero-order valence-electron chi connectivity index (χ0n) is 11.6. The van der Waals surface area contributed by atoms with E-state index in [2.05, 4.69) is 10.0 Å². The lowest BCUT2D eigenvalue weighted by atomic mass is 10.2. The number of carbonyl (C=O) groups is 1. The van der Waals surface area contributed by atoms with Crippen LogP contribution in [0.3, 0.4) is 0 Å². The van der Waals surface area contributed by atoms with Gasteiger partial charge in [-0.05, 0) is 37.5 Å². The van der Waals surface area contributed by atoms with Crippen LogP contribution in [-0.2, 0) is 14.8 Å². The Kier molecular flexibility index (Phi) is 4.75. The number of nitrogens with two attached hydrogens (primary N) is 1. The van der Waals surface area contributed by atoms with Crippen molar-refractivity contribution in [3.05, 3.63) is 22.7 Å². The Morgan fingerprint density at radius 1 is 1.43 bits per heavy atom. The molecule has 1 fully saturated rings. The van der Waals surface area contributed by atoms with Gasteiger partial charge in [0.25, 0.3) is 0 Å². The van der Waals surface area contributed by atoms with E-state index in [0.29, 0.717) is 16.3 Å². The van der Waals surface area contributed by atoms with E-state index in [1.807, 2.05) is 0 Å². The second-order valence-electron chi connectivity index (χ2n) is 5.11. The Morgan fingerprint density at radius 3 is 2.67 bits per heavy atom. The van der Waals surface area contributed by atoms with Crippen LogP contribution in [0.2, 0.25) is 5.02 Å². The Labute approximate surface area is 129 Å². The third-order valence-electron chi connectivity index (χ3n) is 3.25. The average Bonchev–Trinajstić information content (AvgIpc) is 3.18. The van der Waals surface area contributed by atoms with Crippen molar-refractivity contribution in [1.82, 2.24) is 10.0 Å². The van der Waals surface area contributed by atoms with Crippen LogP contribution in [-0.4, -0.2) is 26.9 Å². The quantitative estimate of drug-likeness (QED) is 0.681. The van der Waals surface area contributed by atoms with Crippen molar-refractivity contribution in [1.29, 1.82) is 0 Å². The highest BCUT2D eigenvalue weighted by Crippen LogP contribution is 2.25. The van der Waals surface area contributed by atoms with Gasteiger partial charge in [0.1, 0.15) is 0 Å². The van der Waals surface area contributed by atoms with Crippen molar-refractivity contribution < 1.29 is 13.2 Å². The summed E-state index contributed by atoms with van der Waals surface area (Å²) in [7, 11) is -3.72. The van der Waals surface area contributed by atoms with Crippen LogP contribution in [0.5, 0.6) is 0 Å². The molecule has 4 N–H and O–H groups in total. The smallest absolute Gasteiger partial charge is 0.240 e.